The van der Waals surface area contributed by atoms with Crippen LogP contribution in [0, 0.1) is 0 Å². The Bertz CT molecular complexity index is 518. The lowest BCUT2D eigenvalue weighted by Gasteiger charge is -2.24. The minimum absolute atomic E-state index is 0. The number of nitrogens with one attached hydrogen (secondary N) is 2. The van der Waals surface area contributed by atoms with E-state index < -0.39 is 0 Å². The van der Waals surface area contributed by atoms with E-state index in [1.807, 2.05) is 32.2 Å². The number of rotatable bonds is 8. The first kappa shape index (κ1) is 22.0. The number of aliphatic imine (C=N–C) groups is 1. The zero-order valence-corrected chi connectivity index (χ0v) is 18.1. The molecule has 1 aromatic carbocycles. The second-order valence-corrected chi connectivity index (χ2v) is 6.31. The summed E-state index contributed by atoms with van der Waals surface area (Å²) in [5.74, 6) is 1.77. The summed E-state index contributed by atoms with van der Waals surface area (Å²) < 4.78 is 5.67. The standard InChI is InChI=1S/C19H32N4O.HI/c1-4-24-18-12-8-5-9-16(18)15-22-19(20-2)21-13-14-23(3)17-10-6-7-11-17;/h5,8-9,12,17H,4,6-7,10-11,13-15H2,1-3H3,(H2,20,21,22);1H. The first-order chi connectivity index (χ1) is 11.7. The maximum Gasteiger partial charge on any atom is 0.191 e. The van der Waals surface area contributed by atoms with E-state index in [1.54, 1.807) is 0 Å². The third-order valence-corrected chi connectivity index (χ3v) is 4.65. The Morgan fingerprint density at radius 2 is 1.96 bits per heavy atom. The van der Waals surface area contributed by atoms with Gasteiger partial charge in [0.2, 0.25) is 0 Å². The topological polar surface area (TPSA) is 48.9 Å². The molecule has 0 aromatic heterocycles. The maximum absolute atomic E-state index is 5.67. The number of likely N-dealkylation sites (N-methyl/N-ethyl adjacent to an activating group) is 1. The Morgan fingerprint density at radius 3 is 2.64 bits per heavy atom. The summed E-state index contributed by atoms with van der Waals surface area (Å²) in [5, 5.41) is 6.77. The SMILES string of the molecule is CCOc1ccccc1CNC(=NC)NCCN(C)C1CCCC1.I. The molecule has 6 heteroatoms. The molecule has 1 fully saturated rings. The predicted octanol–water partition coefficient (Wildman–Crippen LogP) is 3.24. The highest BCUT2D eigenvalue weighted by Gasteiger charge is 2.18. The van der Waals surface area contributed by atoms with E-state index in [0.717, 1.165) is 36.4 Å². The number of hydrogen-bond acceptors (Lipinski definition) is 3. The molecule has 0 atom stereocenters. The average Bonchev–Trinajstić information content (AvgIpc) is 3.14. The van der Waals surface area contributed by atoms with E-state index in [9.17, 15) is 0 Å². The highest BCUT2D eigenvalue weighted by atomic mass is 127. The summed E-state index contributed by atoms with van der Waals surface area (Å²) in [5.41, 5.74) is 1.14. The van der Waals surface area contributed by atoms with E-state index in [1.165, 1.54) is 25.7 Å². The Balaban J connectivity index is 0.00000312. The van der Waals surface area contributed by atoms with E-state index in [4.69, 9.17) is 4.74 Å². The Labute approximate surface area is 169 Å². The van der Waals surface area contributed by atoms with Crippen LogP contribution in [0.4, 0.5) is 0 Å². The number of para-hydroxylation sites is 1. The molecule has 0 unspecified atom stereocenters. The van der Waals surface area contributed by atoms with Gasteiger partial charge in [0, 0.05) is 38.3 Å². The first-order valence-corrected chi connectivity index (χ1v) is 9.10. The second-order valence-electron chi connectivity index (χ2n) is 6.31. The molecule has 2 N–H and O–H groups in total. The zero-order chi connectivity index (χ0) is 17.2. The molecule has 25 heavy (non-hydrogen) atoms. The van der Waals surface area contributed by atoms with Crippen molar-refractivity contribution in [2.75, 3.05) is 33.8 Å². The average molecular weight is 460 g/mol. The van der Waals surface area contributed by atoms with Crippen LogP contribution in [-0.4, -0.2) is 50.7 Å². The van der Waals surface area contributed by atoms with Crippen LogP contribution in [-0.2, 0) is 6.54 Å². The van der Waals surface area contributed by atoms with Gasteiger partial charge in [-0.2, -0.15) is 0 Å². The number of ether oxygens (including phenoxy) is 1. The Morgan fingerprint density at radius 1 is 1.24 bits per heavy atom. The molecular weight excluding hydrogens is 427 g/mol. The molecule has 1 aliphatic rings. The summed E-state index contributed by atoms with van der Waals surface area (Å²) >= 11 is 0. The molecule has 1 saturated carbocycles. The van der Waals surface area contributed by atoms with Crippen LogP contribution in [0.15, 0.2) is 29.3 Å². The number of hydrogen-bond donors (Lipinski definition) is 2. The van der Waals surface area contributed by atoms with Gasteiger partial charge in [-0.3, -0.25) is 4.99 Å². The largest absolute Gasteiger partial charge is 0.494 e. The van der Waals surface area contributed by atoms with E-state index in [0.29, 0.717) is 13.2 Å². The smallest absolute Gasteiger partial charge is 0.191 e. The summed E-state index contributed by atoms with van der Waals surface area (Å²) in [7, 11) is 4.04. The summed E-state index contributed by atoms with van der Waals surface area (Å²) in [6, 6.07) is 8.89. The van der Waals surface area contributed by atoms with Gasteiger partial charge < -0.3 is 20.3 Å². The minimum Gasteiger partial charge on any atom is -0.494 e. The molecule has 0 spiro atoms. The van der Waals surface area contributed by atoms with E-state index >= 15 is 0 Å². The van der Waals surface area contributed by atoms with E-state index in [-0.39, 0.29) is 24.0 Å². The highest BCUT2D eigenvalue weighted by Crippen LogP contribution is 2.21. The van der Waals surface area contributed by atoms with Crippen molar-refractivity contribution in [3.63, 3.8) is 0 Å². The molecule has 142 valence electrons. The van der Waals surface area contributed by atoms with Crippen molar-refractivity contribution in [1.29, 1.82) is 0 Å². The molecule has 0 radical (unpaired) electrons. The van der Waals surface area contributed by atoms with Gasteiger partial charge in [-0.05, 0) is 32.9 Å². The van der Waals surface area contributed by atoms with Gasteiger partial charge in [-0.25, -0.2) is 0 Å². The van der Waals surface area contributed by atoms with Crippen LogP contribution in [0.1, 0.15) is 38.2 Å². The van der Waals surface area contributed by atoms with Crippen molar-refractivity contribution in [2.24, 2.45) is 4.99 Å². The van der Waals surface area contributed by atoms with Crippen molar-refractivity contribution in [2.45, 2.75) is 45.2 Å². The Kier molecular flexibility index (Phi) is 10.9. The summed E-state index contributed by atoms with van der Waals surface area (Å²) in [4.78, 5) is 6.78. The quantitative estimate of drug-likeness (QED) is 0.355. The second kappa shape index (κ2) is 12.4. The lowest BCUT2D eigenvalue weighted by atomic mass is 10.2. The zero-order valence-electron chi connectivity index (χ0n) is 15.8. The molecule has 0 heterocycles. The van der Waals surface area contributed by atoms with Crippen molar-refractivity contribution in [1.82, 2.24) is 15.5 Å². The lowest BCUT2D eigenvalue weighted by Crippen LogP contribution is -2.42. The molecule has 1 aromatic rings. The van der Waals surface area contributed by atoms with Crippen molar-refractivity contribution >= 4 is 29.9 Å². The Hall–Kier alpha value is -1.02. The van der Waals surface area contributed by atoms with Crippen molar-refractivity contribution in [3.05, 3.63) is 29.8 Å². The number of nitrogens with zero attached hydrogens (tertiary/aromatic N) is 2. The fourth-order valence-corrected chi connectivity index (χ4v) is 3.22. The van der Waals surface area contributed by atoms with Crippen LogP contribution in [0.2, 0.25) is 0 Å². The van der Waals surface area contributed by atoms with Crippen molar-refractivity contribution < 1.29 is 4.74 Å². The maximum atomic E-state index is 5.67. The molecular formula is C19H33IN4O. The fraction of sp³-hybridized carbons (Fsp3) is 0.632. The van der Waals surface area contributed by atoms with Gasteiger partial charge in [0.1, 0.15) is 5.75 Å². The van der Waals surface area contributed by atoms with E-state index in [2.05, 4.69) is 33.6 Å². The van der Waals surface area contributed by atoms with Gasteiger partial charge in [-0.1, -0.05) is 31.0 Å². The molecule has 0 bridgehead atoms. The van der Waals surface area contributed by atoms with Gasteiger partial charge in [0.15, 0.2) is 5.96 Å². The third kappa shape index (κ3) is 7.40. The number of benzene rings is 1. The van der Waals surface area contributed by atoms with Crippen LogP contribution < -0.4 is 15.4 Å². The number of halogens is 1. The highest BCUT2D eigenvalue weighted by molar-refractivity contribution is 14.0. The summed E-state index contributed by atoms with van der Waals surface area (Å²) in [6.07, 6.45) is 5.45. The summed E-state index contributed by atoms with van der Waals surface area (Å²) in [6.45, 7) is 5.33. The van der Waals surface area contributed by atoms with Crippen LogP contribution in [0.5, 0.6) is 5.75 Å². The normalized spacial score (nSPS) is 15.1. The third-order valence-electron chi connectivity index (χ3n) is 4.65. The fourth-order valence-electron chi connectivity index (χ4n) is 3.22. The minimum atomic E-state index is 0. The van der Waals surface area contributed by atoms with Crippen LogP contribution in [0.3, 0.4) is 0 Å². The molecule has 2 rings (SSSR count). The number of guanidine groups is 1. The monoisotopic (exact) mass is 460 g/mol. The molecule has 5 nitrogen and oxygen atoms in total. The van der Waals surface area contributed by atoms with Gasteiger partial charge in [-0.15, -0.1) is 24.0 Å². The van der Waals surface area contributed by atoms with Gasteiger partial charge >= 0.3 is 0 Å². The molecule has 0 amide bonds. The molecule has 0 saturated heterocycles. The van der Waals surface area contributed by atoms with Crippen molar-refractivity contribution in [3.8, 4) is 5.75 Å². The van der Waals surface area contributed by atoms with Crippen LogP contribution in [0.25, 0.3) is 0 Å². The molecule has 1 aliphatic carbocycles. The van der Waals surface area contributed by atoms with Gasteiger partial charge in [0.05, 0.1) is 6.61 Å². The first-order valence-electron chi connectivity index (χ1n) is 9.10. The van der Waals surface area contributed by atoms with Crippen LogP contribution >= 0.6 is 24.0 Å². The van der Waals surface area contributed by atoms with Gasteiger partial charge in [0.25, 0.3) is 0 Å². The molecule has 0 aliphatic heterocycles. The predicted molar refractivity (Wildman–Crippen MR) is 116 cm³/mol. The lowest BCUT2D eigenvalue weighted by molar-refractivity contribution is 0.249.